The van der Waals surface area contributed by atoms with Gasteiger partial charge in [-0.05, 0) is 30.7 Å². The van der Waals surface area contributed by atoms with Crippen LogP contribution in [-0.4, -0.2) is 17.9 Å². The summed E-state index contributed by atoms with van der Waals surface area (Å²) >= 11 is 5.81. The molecule has 0 saturated carbocycles. The molecule has 0 fully saturated rings. The molecule has 2 aromatic carbocycles. The number of benzene rings is 2. The van der Waals surface area contributed by atoms with Crippen molar-refractivity contribution in [2.45, 2.75) is 13.5 Å². The molecule has 104 valence electrons. The summed E-state index contributed by atoms with van der Waals surface area (Å²) in [5.41, 5.74) is 2.14. The number of hydrogen-bond acceptors (Lipinski definition) is 1. The summed E-state index contributed by atoms with van der Waals surface area (Å²) < 4.78 is 13.7. The lowest BCUT2D eigenvalue weighted by Gasteiger charge is -2.18. The van der Waals surface area contributed by atoms with Gasteiger partial charge in [-0.2, -0.15) is 0 Å². The number of nitrogens with zero attached hydrogens (tertiary/aromatic N) is 1. The van der Waals surface area contributed by atoms with Crippen LogP contribution in [0.1, 0.15) is 21.5 Å². The monoisotopic (exact) mass is 291 g/mol. The predicted molar refractivity (Wildman–Crippen MR) is 78.4 cm³/mol. The zero-order valence-corrected chi connectivity index (χ0v) is 12.1. The van der Waals surface area contributed by atoms with Gasteiger partial charge in [-0.15, -0.1) is 0 Å². The van der Waals surface area contributed by atoms with Crippen molar-refractivity contribution in [3.63, 3.8) is 0 Å². The van der Waals surface area contributed by atoms with E-state index in [4.69, 9.17) is 11.6 Å². The van der Waals surface area contributed by atoms with Gasteiger partial charge in [0.25, 0.3) is 5.91 Å². The molecule has 20 heavy (non-hydrogen) atoms. The fourth-order valence-corrected chi connectivity index (χ4v) is 2.08. The van der Waals surface area contributed by atoms with E-state index in [0.29, 0.717) is 11.6 Å². The Morgan fingerprint density at radius 2 is 1.85 bits per heavy atom. The Bertz CT molecular complexity index is 625. The topological polar surface area (TPSA) is 20.3 Å². The van der Waals surface area contributed by atoms with Crippen LogP contribution >= 0.6 is 11.6 Å². The highest BCUT2D eigenvalue weighted by Crippen LogP contribution is 2.17. The van der Waals surface area contributed by atoms with E-state index in [0.717, 1.165) is 11.1 Å². The Labute approximate surface area is 122 Å². The highest BCUT2D eigenvalue weighted by molar-refractivity contribution is 6.30. The lowest BCUT2D eigenvalue weighted by molar-refractivity contribution is 0.0780. The number of hydrogen-bond donors (Lipinski definition) is 0. The molecule has 0 aliphatic heterocycles. The largest absolute Gasteiger partial charge is 0.337 e. The summed E-state index contributed by atoms with van der Waals surface area (Å²) in [6, 6.07) is 11.8. The van der Waals surface area contributed by atoms with E-state index in [2.05, 4.69) is 0 Å². The Morgan fingerprint density at radius 1 is 1.20 bits per heavy atom. The van der Waals surface area contributed by atoms with Gasteiger partial charge in [-0.1, -0.05) is 41.4 Å². The van der Waals surface area contributed by atoms with E-state index in [1.165, 1.54) is 23.1 Å². The Balaban J connectivity index is 2.16. The minimum absolute atomic E-state index is 0.00730. The van der Waals surface area contributed by atoms with Crippen molar-refractivity contribution in [3.8, 4) is 0 Å². The average Bonchev–Trinajstić information content (AvgIpc) is 2.43. The third kappa shape index (κ3) is 3.36. The van der Waals surface area contributed by atoms with E-state index in [-0.39, 0.29) is 11.5 Å². The van der Waals surface area contributed by atoms with Crippen molar-refractivity contribution in [1.82, 2.24) is 4.90 Å². The fraction of sp³-hybridized carbons (Fsp3) is 0.188. The molecule has 2 nitrogen and oxygen atoms in total. The standard InChI is InChI=1S/C16H15ClFNO/c1-11-3-5-12(6-4-11)10-19(2)16(20)14-9-13(17)7-8-15(14)18/h3-9H,10H2,1-2H3. The number of rotatable bonds is 3. The summed E-state index contributed by atoms with van der Waals surface area (Å²) in [4.78, 5) is 13.7. The molecule has 4 heteroatoms. The number of carbonyl (C=O) groups excluding carboxylic acids is 1. The van der Waals surface area contributed by atoms with Gasteiger partial charge in [0.1, 0.15) is 5.82 Å². The SMILES string of the molecule is Cc1ccc(CN(C)C(=O)c2cc(Cl)ccc2F)cc1. The molecule has 0 aromatic heterocycles. The smallest absolute Gasteiger partial charge is 0.256 e. The van der Waals surface area contributed by atoms with Crippen molar-refractivity contribution in [1.29, 1.82) is 0 Å². The molecular formula is C16H15ClFNO. The molecule has 2 rings (SSSR count). The molecule has 2 aromatic rings. The number of amides is 1. The van der Waals surface area contributed by atoms with Crippen LogP contribution in [-0.2, 0) is 6.54 Å². The van der Waals surface area contributed by atoms with E-state index >= 15 is 0 Å². The van der Waals surface area contributed by atoms with Gasteiger partial charge >= 0.3 is 0 Å². The maximum atomic E-state index is 13.7. The summed E-state index contributed by atoms with van der Waals surface area (Å²) in [7, 11) is 1.64. The summed E-state index contributed by atoms with van der Waals surface area (Å²) in [5, 5.41) is 0.346. The molecule has 0 atom stereocenters. The molecule has 0 spiro atoms. The molecular weight excluding hydrogens is 277 g/mol. The first-order valence-corrected chi connectivity index (χ1v) is 6.61. The minimum Gasteiger partial charge on any atom is -0.337 e. The highest BCUT2D eigenvalue weighted by atomic mass is 35.5. The van der Waals surface area contributed by atoms with Gasteiger partial charge in [-0.25, -0.2) is 4.39 Å². The highest BCUT2D eigenvalue weighted by Gasteiger charge is 2.16. The van der Waals surface area contributed by atoms with Gasteiger partial charge < -0.3 is 4.90 Å². The molecule has 0 aliphatic rings. The molecule has 0 bridgehead atoms. The normalized spacial score (nSPS) is 10.4. The van der Waals surface area contributed by atoms with Crippen LogP contribution in [0.5, 0.6) is 0 Å². The molecule has 0 unspecified atom stereocenters. The Morgan fingerprint density at radius 3 is 2.50 bits per heavy atom. The van der Waals surface area contributed by atoms with E-state index < -0.39 is 5.82 Å². The quantitative estimate of drug-likeness (QED) is 0.835. The van der Waals surface area contributed by atoms with Crippen molar-refractivity contribution < 1.29 is 9.18 Å². The maximum absolute atomic E-state index is 13.7. The first-order valence-electron chi connectivity index (χ1n) is 6.23. The second-order valence-corrected chi connectivity index (χ2v) is 5.21. The summed E-state index contributed by atoms with van der Waals surface area (Å²) in [6.07, 6.45) is 0. The first kappa shape index (κ1) is 14.5. The minimum atomic E-state index is -0.560. The number of aryl methyl sites for hydroxylation is 1. The van der Waals surface area contributed by atoms with Crippen LogP contribution in [0, 0.1) is 12.7 Å². The number of carbonyl (C=O) groups is 1. The third-order valence-electron chi connectivity index (χ3n) is 3.05. The van der Waals surface area contributed by atoms with Gasteiger partial charge in [0.2, 0.25) is 0 Å². The first-order chi connectivity index (χ1) is 9.47. The summed E-state index contributed by atoms with van der Waals surface area (Å²) in [5.74, 6) is -0.944. The van der Waals surface area contributed by atoms with E-state index in [9.17, 15) is 9.18 Å². The predicted octanol–water partition coefficient (Wildman–Crippen LogP) is 4.06. The molecule has 0 N–H and O–H groups in total. The van der Waals surface area contributed by atoms with Crippen molar-refractivity contribution in [2.75, 3.05) is 7.05 Å². The van der Waals surface area contributed by atoms with Crippen LogP contribution in [0.2, 0.25) is 5.02 Å². The second-order valence-electron chi connectivity index (χ2n) is 4.77. The molecule has 1 amide bonds. The maximum Gasteiger partial charge on any atom is 0.256 e. The summed E-state index contributed by atoms with van der Waals surface area (Å²) in [6.45, 7) is 2.42. The van der Waals surface area contributed by atoms with E-state index in [1.54, 1.807) is 7.05 Å². The Hall–Kier alpha value is -1.87. The van der Waals surface area contributed by atoms with Crippen LogP contribution in [0.4, 0.5) is 4.39 Å². The fourth-order valence-electron chi connectivity index (χ4n) is 1.91. The Kier molecular flexibility index (Phi) is 4.40. The van der Waals surface area contributed by atoms with Gasteiger partial charge in [0.05, 0.1) is 5.56 Å². The zero-order valence-electron chi connectivity index (χ0n) is 11.4. The zero-order chi connectivity index (χ0) is 14.7. The van der Waals surface area contributed by atoms with Gasteiger partial charge in [-0.3, -0.25) is 4.79 Å². The number of halogens is 2. The molecule has 0 radical (unpaired) electrons. The van der Waals surface area contributed by atoms with Crippen LogP contribution in [0.25, 0.3) is 0 Å². The molecule has 0 aliphatic carbocycles. The van der Waals surface area contributed by atoms with Crippen LogP contribution < -0.4 is 0 Å². The molecule has 0 saturated heterocycles. The average molecular weight is 292 g/mol. The van der Waals surface area contributed by atoms with Crippen molar-refractivity contribution in [2.24, 2.45) is 0 Å². The van der Waals surface area contributed by atoms with Crippen molar-refractivity contribution in [3.05, 3.63) is 70.0 Å². The third-order valence-corrected chi connectivity index (χ3v) is 3.28. The van der Waals surface area contributed by atoms with Crippen LogP contribution in [0.3, 0.4) is 0 Å². The lowest BCUT2D eigenvalue weighted by Crippen LogP contribution is -2.27. The van der Waals surface area contributed by atoms with Crippen LogP contribution in [0.15, 0.2) is 42.5 Å². The lowest BCUT2D eigenvalue weighted by atomic mass is 10.1. The van der Waals surface area contributed by atoms with E-state index in [1.807, 2.05) is 31.2 Å². The second kappa shape index (κ2) is 6.06. The molecule has 0 heterocycles. The van der Waals surface area contributed by atoms with Gasteiger partial charge in [0, 0.05) is 18.6 Å². The van der Waals surface area contributed by atoms with Crippen molar-refractivity contribution >= 4 is 17.5 Å². The van der Waals surface area contributed by atoms with Gasteiger partial charge in [0.15, 0.2) is 0 Å².